The van der Waals surface area contributed by atoms with Gasteiger partial charge in [-0.15, -0.1) is 0 Å². The van der Waals surface area contributed by atoms with Gasteiger partial charge in [0.25, 0.3) is 0 Å². The second-order valence-corrected chi connectivity index (χ2v) is 7.22. The van der Waals surface area contributed by atoms with Crippen LogP contribution in [0.5, 0.6) is 0 Å². The predicted octanol–water partition coefficient (Wildman–Crippen LogP) is 1.50. The summed E-state index contributed by atoms with van der Waals surface area (Å²) in [7, 11) is -3.92. The Hall–Kier alpha value is -0.540. The van der Waals surface area contributed by atoms with Gasteiger partial charge in [-0.3, -0.25) is 0 Å². The Balaban J connectivity index is 2.22. The molecule has 5 nitrogen and oxygen atoms in total. The number of rotatable bonds is 5. The van der Waals surface area contributed by atoms with Crippen molar-refractivity contribution in [2.45, 2.75) is 30.4 Å². The van der Waals surface area contributed by atoms with Crippen LogP contribution in [0.1, 0.15) is 18.4 Å². The zero-order valence-electron chi connectivity index (χ0n) is 10.7. The van der Waals surface area contributed by atoms with E-state index < -0.39 is 20.7 Å². The van der Waals surface area contributed by atoms with E-state index in [0.717, 1.165) is 12.8 Å². The molecule has 1 aromatic rings. The quantitative estimate of drug-likeness (QED) is 0.827. The van der Waals surface area contributed by atoms with Crippen LogP contribution in [0.3, 0.4) is 0 Å². The van der Waals surface area contributed by atoms with Gasteiger partial charge < -0.3 is 10.5 Å². The Morgan fingerprint density at radius 3 is 2.85 bits per heavy atom. The maximum atomic E-state index is 14.1. The van der Waals surface area contributed by atoms with E-state index in [1.807, 2.05) is 0 Å². The average Bonchev–Trinajstić information content (AvgIpc) is 2.92. The number of benzene rings is 1. The third kappa shape index (κ3) is 3.56. The molecule has 1 fully saturated rings. The SMILES string of the molecule is NCc1cc(Br)cc(S(=O)(=O)NCC2CCCO2)c1F. The molecule has 1 atom stereocenters. The van der Waals surface area contributed by atoms with Crippen LogP contribution in [-0.4, -0.2) is 27.7 Å². The van der Waals surface area contributed by atoms with Crippen LogP contribution in [-0.2, 0) is 21.3 Å². The molecule has 1 unspecified atom stereocenters. The number of nitrogens with one attached hydrogen (secondary N) is 1. The molecule has 0 spiro atoms. The smallest absolute Gasteiger partial charge is 0.243 e. The number of ether oxygens (including phenoxy) is 1. The molecular formula is C12H16BrFN2O3S. The van der Waals surface area contributed by atoms with Gasteiger partial charge in [-0.25, -0.2) is 17.5 Å². The summed E-state index contributed by atoms with van der Waals surface area (Å²) in [6.07, 6.45) is 1.57. The Kier molecular flexibility index (Phi) is 5.14. The first-order valence-corrected chi connectivity index (χ1v) is 8.51. The monoisotopic (exact) mass is 366 g/mol. The van der Waals surface area contributed by atoms with Gasteiger partial charge in [0, 0.05) is 29.7 Å². The van der Waals surface area contributed by atoms with E-state index in [1.54, 1.807) is 0 Å². The molecule has 1 saturated heterocycles. The van der Waals surface area contributed by atoms with Crippen molar-refractivity contribution < 1.29 is 17.5 Å². The molecule has 20 heavy (non-hydrogen) atoms. The van der Waals surface area contributed by atoms with E-state index in [4.69, 9.17) is 10.5 Å². The fraction of sp³-hybridized carbons (Fsp3) is 0.500. The molecule has 1 aliphatic rings. The van der Waals surface area contributed by atoms with E-state index in [0.29, 0.717) is 11.1 Å². The lowest BCUT2D eigenvalue weighted by Gasteiger charge is -2.13. The highest BCUT2D eigenvalue weighted by atomic mass is 79.9. The molecule has 2 rings (SSSR count). The van der Waals surface area contributed by atoms with Crippen LogP contribution in [0, 0.1) is 5.82 Å². The number of hydrogen-bond acceptors (Lipinski definition) is 4. The summed E-state index contributed by atoms with van der Waals surface area (Å²) >= 11 is 3.16. The third-order valence-electron chi connectivity index (χ3n) is 3.11. The standard InChI is InChI=1S/C12H16BrFN2O3S/c13-9-4-8(6-15)12(14)11(5-9)20(17,18)16-7-10-2-1-3-19-10/h4-5,10,16H,1-3,6-7,15H2. The highest BCUT2D eigenvalue weighted by molar-refractivity contribution is 9.10. The molecule has 1 heterocycles. The highest BCUT2D eigenvalue weighted by Crippen LogP contribution is 2.24. The molecule has 1 aromatic carbocycles. The van der Waals surface area contributed by atoms with Gasteiger partial charge in [-0.1, -0.05) is 15.9 Å². The van der Waals surface area contributed by atoms with Crippen molar-refractivity contribution in [2.24, 2.45) is 5.73 Å². The summed E-state index contributed by atoms with van der Waals surface area (Å²) in [6, 6.07) is 2.70. The number of hydrogen-bond donors (Lipinski definition) is 2. The van der Waals surface area contributed by atoms with Crippen LogP contribution in [0.25, 0.3) is 0 Å². The van der Waals surface area contributed by atoms with Crippen LogP contribution < -0.4 is 10.5 Å². The minimum atomic E-state index is -3.92. The van der Waals surface area contributed by atoms with Crippen molar-refractivity contribution in [3.63, 3.8) is 0 Å². The zero-order valence-corrected chi connectivity index (χ0v) is 13.1. The van der Waals surface area contributed by atoms with Gasteiger partial charge in [0.2, 0.25) is 10.0 Å². The van der Waals surface area contributed by atoms with Gasteiger partial charge in [0.05, 0.1) is 6.10 Å². The maximum absolute atomic E-state index is 14.1. The summed E-state index contributed by atoms with van der Waals surface area (Å²) in [5.41, 5.74) is 5.56. The Labute approximate surface area is 125 Å². The molecule has 3 N–H and O–H groups in total. The molecule has 0 aliphatic carbocycles. The summed E-state index contributed by atoms with van der Waals surface area (Å²) in [5, 5.41) is 0. The Bertz CT molecular complexity index is 589. The molecule has 0 aromatic heterocycles. The first-order chi connectivity index (χ1) is 9.44. The largest absolute Gasteiger partial charge is 0.377 e. The molecule has 1 aliphatic heterocycles. The highest BCUT2D eigenvalue weighted by Gasteiger charge is 2.24. The molecular weight excluding hydrogens is 351 g/mol. The number of halogens is 2. The summed E-state index contributed by atoms with van der Waals surface area (Å²) in [4.78, 5) is -0.398. The van der Waals surface area contributed by atoms with Crippen molar-refractivity contribution in [3.8, 4) is 0 Å². The molecule has 0 bridgehead atoms. The molecule has 0 amide bonds. The van der Waals surface area contributed by atoms with E-state index in [1.165, 1.54) is 12.1 Å². The molecule has 112 valence electrons. The molecule has 8 heteroatoms. The fourth-order valence-corrected chi connectivity index (χ4v) is 3.91. The third-order valence-corrected chi connectivity index (χ3v) is 4.99. The van der Waals surface area contributed by atoms with Crippen molar-refractivity contribution in [3.05, 3.63) is 28.0 Å². The lowest BCUT2D eigenvalue weighted by molar-refractivity contribution is 0.114. The number of nitrogens with two attached hydrogens (primary N) is 1. The minimum Gasteiger partial charge on any atom is -0.377 e. The summed E-state index contributed by atoms with van der Waals surface area (Å²) in [5.74, 6) is -0.810. The van der Waals surface area contributed by atoms with Gasteiger partial charge in [0.15, 0.2) is 0 Å². The van der Waals surface area contributed by atoms with E-state index >= 15 is 0 Å². The van der Waals surface area contributed by atoms with Crippen LogP contribution >= 0.6 is 15.9 Å². The predicted molar refractivity (Wildman–Crippen MR) is 76.2 cm³/mol. The van der Waals surface area contributed by atoms with Gasteiger partial charge in [-0.2, -0.15) is 0 Å². The van der Waals surface area contributed by atoms with Crippen molar-refractivity contribution in [1.82, 2.24) is 4.72 Å². The molecule has 0 saturated carbocycles. The first-order valence-electron chi connectivity index (χ1n) is 6.23. The Morgan fingerprint density at radius 1 is 1.50 bits per heavy atom. The van der Waals surface area contributed by atoms with E-state index in [-0.39, 0.29) is 24.8 Å². The lowest BCUT2D eigenvalue weighted by Crippen LogP contribution is -2.32. The van der Waals surface area contributed by atoms with E-state index in [9.17, 15) is 12.8 Å². The van der Waals surface area contributed by atoms with Gasteiger partial charge >= 0.3 is 0 Å². The van der Waals surface area contributed by atoms with Gasteiger partial charge in [-0.05, 0) is 25.0 Å². The summed E-state index contributed by atoms with van der Waals surface area (Å²) < 4.78 is 46.6. The summed E-state index contributed by atoms with van der Waals surface area (Å²) in [6.45, 7) is 0.709. The van der Waals surface area contributed by atoms with Crippen LogP contribution in [0.2, 0.25) is 0 Å². The van der Waals surface area contributed by atoms with Crippen LogP contribution in [0.15, 0.2) is 21.5 Å². The number of sulfonamides is 1. The second-order valence-electron chi connectivity index (χ2n) is 4.57. The zero-order chi connectivity index (χ0) is 14.8. The lowest BCUT2D eigenvalue weighted by atomic mass is 10.2. The maximum Gasteiger partial charge on any atom is 0.243 e. The first kappa shape index (κ1) is 15.8. The van der Waals surface area contributed by atoms with E-state index in [2.05, 4.69) is 20.7 Å². The molecule has 0 radical (unpaired) electrons. The fourth-order valence-electron chi connectivity index (χ4n) is 2.05. The van der Waals surface area contributed by atoms with Gasteiger partial charge in [0.1, 0.15) is 10.7 Å². The Morgan fingerprint density at radius 2 is 2.25 bits per heavy atom. The average molecular weight is 367 g/mol. The van der Waals surface area contributed by atoms with Crippen molar-refractivity contribution >= 4 is 26.0 Å². The van der Waals surface area contributed by atoms with Crippen molar-refractivity contribution in [1.29, 1.82) is 0 Å². The normalized spacial score (nSPS) is 19.4. The second kappa shape index (κ2) is 6.48. The van der Waals surface area contributed by atoms with Crippen LogP contribution in [0.4, 0.5) is 4.39 Å². The van der Waals surface area contributed by atoms with Crippen molar-refractivity contribution in [2.75, 3.05) is 13.2 Å². The topological polar surface area (TPSA) is 81.4 Å². The minimum absolute atomic E-state index is 0.0699.